The summed E-state index contributed by atoms with van der Waals surface area (Å²) in [6.07, 6.45) is 5.37. The molecule has 0 fully saturated rings. The van der Waals surface area contributed by atoms with Crippen molar-refractivity contribution in [3.63, 3.8) is 0 Å². The maximum atomic E-state index is 15.5. The van der Waals surface area contributed by atoms with Crippen molar-refractivity contribution in [2.45, 2.75) is 25.9 Å². The summed E-state index contributed by atoms with van der Waals surface area (Å²) in [4.78, 5) is 9.07. The smallest absolute Gasteiger partial charge is 0.333 e. The molecule has 0 saturated carbocycles. The number of fused-ring (bicyclic) bond motifs is 3. The molecule has 6 rings (SSSR count). The van der Waals surface area contributed by atoms with E-state index in [4.69, 9.17) is 16.6 Å². The van der Waals surface area contributed by atoms with E-state index in [2.05, 4.69) is 25.6 Å². The number of benzene rings is 1. The average Bonchev–Trinajstić information content (AvgIpc) is 3.58. The van der Waals surface area contributed by atoms with Gasteiger partial charge in [-0.1, -0.05) is 29.8 Å². The number of anilines is 2. The van der Waals surface area contributed by atoms with Crippen molar-refractivity contribution in [2.75, 3.05) is 5.32 Å². The maximum Gasteiger partial charge on any atom is 0.333 e. The highest BCUT2D eigenvalue weighted by atomic mass is 35.5. The number of hydrogen-bond acceptors (Lipinski definition) is 6. The Kier molecular flexibility index (Phi) is 5.11. The fourth-order valence-electron chi connectivity index (χ4n) is 4.40. The van der Waals surface area contributed by atoms with Crippen LogP contribution in [0.15, 0.2) is 55.0 Å². The second-order valence-corrected chi connectivity index (χ2v) is 8.96. The number of rotatable bonds is 5. The molecular formula is C24H20ClF2N9. The van der Waals surface area contributed by atoms with Gasteiger partial charge in [0, 0.05) is 49.7 Å². The molecule has 0 spiro atoms. The Labute approximate surface area is 209 Å². The molecule has 36 heavy (non-hydrogen) atoms. The maximum absolute atomic E-state index is 15.5. The van der Waals surface area contributed by atoms with Crippen LogP contribution in [-0.2, 0) is 26.1 Å². The summed E-state index contributed by atoms with van der Waals surface area (Å²) in [5.41, 5.74) is 2.82. The van der Waals surface area contributed by atoms with E-state index in [1.165, 1.54) is 22.8 Å². The molecule has 5 aromatic rings. The quantitative estimate of drug-likeness (QED) is 0.367. The van der Waals surface area contributed by atoms with Crippen LogP contribution >= 0.6 is 11.6 Å². The second-order valence-electron chi connectivity index (χ2n) is 8.55. The summed E-state index contributed by atoms with van der Waals surface area (Å²) >= 11 is 6.08. The van der Waals surface area contributed by atoms with Gasteiger partial charge >= 0.3 is 5.92 Å². The number of hydrogen-bond donors (Lipinski definition) is 1. The van der Waals surface area contributed by atoms with Crippen LogP contribution in [0.4, 0.5) is 20.5 Å². The topological polar surface area (TPSA) is 91.3 Å². The van der Waals surface area contributed by atoms with E-state index in [-0.39, 0.29) is 10.6 Å². The molecule has 5 heterocycles. The minimum absolute atomic E-state index is 0.0175. The predicted molar refractivity (Wildman–Crippen MR) is 130 cm³/mol. The van der Waals surface area contributed by atoms with Gasteiger partial charge in [0.15, 0.2) is 5.82 Å². The number of nitrogens with zero attached hydrogens (tertiary/aromatic N) is 8. The molecule has 0 amide bonds. The Morgan fingerprint density at radius 3 is 2.72 bits per heavy atom. The van der Waals surface area contributed by atoms with Crippen molar-refractivity contribution in [1.82, 2.24) is 39.1 Å². The standard InChI is InChI=1S/C24H20ClF2N9/c1-14-12-28-23(30-19-7-8-29-34(19)2)31-20(14)15-11-18-21-32-33-22(36(21)10-9-35(18)13-15)24(26,27)16-5-3-4-6-17(16)25/h3-8,11-13H,9-10H2,1-2H3,(H,28,30,31). The summed E-state index contributed by atoms with van der Waals surface area (Å²) in [6, 6.07) is 9.60. The first-order valence-electron chi connectivity index (χ1n) is 11.2. The lowest BCUT2D eigenvalue weighted by Gasteiger charge is -2.22. The van der Waals surface area contributed by atoms with Crippen LogP contribution in [0.25, 0.3) is 22.8 Å². The summed E-state index contributed by atoms with van der Waals surface area (Å²) in [6.45, 7) is 2.70. The van der Waals surface area contributed by atoms with Gasteiger partial charge in [-0.2, -0.15) is 13.9 Å². The largest absolute Gasteiger partial charge is 0.342 e. The SMILES string of the molecule is Cc1cnc(Nc2ccnn2C)nc1-c1cc2n(c1)CCn1c-2nnc1C(F)(F)c1ccccc1Cl. The van der Waals surface area contributed by atoms with Crippen LogP contribution in [0.3, 0.4) is 0 Å². The van der Waals surface area contributed by atoms with Crippen molar-refractivity contribution in [3.05, 3.63) is 77.0 Å². The molecule has 1 N–H and O–H groups in total. The first-order valence-corrected chi connectivity index (χ1v) is 11.6. The molecule has 12 heteroatoms. The molecule has 0 bridgehead atoms. The van der Waals surface area contributed by atoms with Crippen molar-refractivity contribution < 1.29 is 8.78 Å². The van der Waals surface area contributed by atoms with Crippen molar-refractivity contribution in [3.8, 4) is 22.8 Å². The molecule has 182 valence electrons. The Balaban J connectivity index is 1.38. The highest BCUT2D eigenvalue weighted by Crippen LogP contribution is 2.41. The molecule has 1 aliphatic heterocycles. The third-order valence-electron chi connectivity index (χ3n) is 6.24. The molecular weight excluding hydrogens is 488 g/mol. The lowest BCUT2D eigenvalue weighted by atomic mass is 10.1. The normalized spacial score (nSPS) is 12.9. The third-order valence-corrected chi connectivity index (χ3v) is 6.57. The van der Waals surface area contributed by atoms with Crippen LogP contribution in [0, 0.1) is 6.92 Å². The zero-order chi connectivity index (χ0) is 25.0. The van der Waals surface area contributed by atoms with Crippen molar-refractivity contribution in [1.29, 1.82) is 0 Å². The van der Waals surface area contributed by atoms with E-state index in [9.17, 15) is 0 Å². The van der Waals surface area contributed by atoms with Crippen molar-refractivity contribution in [2.24, 2.45) is 7.05 Å². The van der Waals surface area contributed by atoms with Crippen molar-refractivity contribution >= 4 is 23.4 Å². The average molecular weight is 508 g/mol. The van der Waals surface area contributed by atoms with Gasteiger partial charge in [-0.3, -0.25) is 4.68 Å². The summed E-state index contributed by atoms with van der Waals surface area (Å²) in [5, 5.41) is 15.3. The van der Waals surface area contributed by atoms with E-state index >= 15 is 8.78 Å². The molecule has 0 unspecified atom stereocenters. The van der Waals surface area contributed by atoms with Gasteiger partial charge in [-0.15, -0.1) is 10.2 Å². The zero-order valence-electron chi connectivity index (χ0n) is 19.3. The molecule has 0 radical (unpaired) electrons. The molecule has 0 atom stereocenters. The van der Waals surface area contributed by atoms with Crippen LogP contribution in [0.1, 0.15) is 17.0 Å². The molecule has 1 aliphatic rings. The predicted octanol–water partition coefficient (Wildman–Crippen LogP) is 4.80. The number of aromatic nitrogens is 8. The zero-order valence-corrected chi connectivity index (χ0v) is 20.1. The fourth-order valence-corrected chi connectivity index (χ4v) is 4.65. The highest BCUT2D eigenvalue weighted by Gasteiger charge is 2.43. The van der Waals surface area contributed by atoms with Gasteiger partial charge < -0.3 is 14.5 Å². The van der Waals surface area contributed by atoms with E-state index in [1.807, 2.05) is 36.9 Å². The summed E-state index contributed by atoms with van der Waals surface area (Å²) in [7, 11) is 1.82. The number of halogens is 3. The number of nitrogens with one attached hydrogen (secondary N) is 1. The first kappa shape index (κ1) is 22.4. The minimum atomic E-state index is -3.39. The Hall–Kier alpha value is -4.12. The van der Waals surface area contributed by atoms with Gasteiger partial charge in [0.25, 0.3) is 0 Å². The van der Waals surface area contributed by atoms with Crippen LogP contribution < -0.4 is 5.32 Å². The number of aryl methyl sites for hydroxylation is 3. The monoisotopic (exact) mass is 507 g/mol. The Morgan fingerprint density at radius 1 is 1.11 bits per heavy atom. The van der Waals surface area contributed by atoms with Crippen LogP contribution in [0.5, 0.6) is 0 Å². The molecule has 0 aliphatic carbocycles. The van der Waals surface area contributed by atoms with Gasteiger partial charge in [-0.25, -0.2) is 9.97 Å². The number of alkyl halides is 2. The first-order chi connectivity index (χ1) is 17.3. The van der Waals surface area contributed by atoms with E-state index in [0.29, 0.717) is 30.6 Å². The Morgan fingerprint density at radius 2 is 1.94 bits per heavy atom. The van der Waals surface area contributed by atoms with E-state index < -0.39 is 11.7 Å². The van der Waals surface area contributed by atoms with Gasteiger partial charge in [-0.05, 0) is 24.6 Å². The highest BCUT2D eigenvalue weighted by molar-refractivity contribution is 6.31. The van der Waals surface area contributed by atoms with Crippen LogP contribution in [0.2, 0.25) is 5.02 Å². The minimum Gasteiger partial charge on any atom is -0.342 e. The molecule has 4 aromatic heterocycles. The van der Waals surface area contributed by atoms with Gasteiger partial charge in [0.2, 0.25) is 11.8 Å². The van der Waals surface area contributed by atoms with E-state index in [1.54, 1.807) is 23.1 Å². The molecule has 1 aromatic carbocycles. The van der Waals surface area contributed by atoms with Gasteiger partial charge in [0.05, 0.1) is 22.6 Å². The third kappa shape index (κ3) is 3.54. The molecule has 0 saturated heterocycles. The lowest BCUT2D eigenvalue weighted by Crippen LogP contribution is -2.25. The lowest BCUT2D eigenvalue weighted by molar-refractivity contribution is 0.0284. The second kappa shape index (κ2) is 8.23. The summed E-state index contributed by atoms with van der Waals surface area (Å²) in [5.74, 6) is -2.28. The van der Waals surface area contributed by atoms with Crippen LogP contribution in [-0.4, -0.2) is 39.1 Å². The molecule has 9 nitrogen and oxygen atoms in total. The van der Waals surface area contributed by atoms with Gasteiger partial charge in [0.1, 0.15) is 5.82 Å². The summed E-state index contributed by atoms with van der Waals surface area (Å²) < 4.78 is 36.0. The fraction of sp³-hybridized carbons (Fsp3) is 0.208. The Bertz CT molecular complexity index is 1600. The van der Waals surface area contributed by atoms with E-state index in [0.717, 1.165) is 22.6 Å².